The fourth-order valence-corrected chi connectivity index (χ4v) is 5.59. The zero-order valence-corrected chi connectivity index (χ0v) is 27.1. The van der Waals surface area contributed by atoms with Gasteiger partial charge in [0.2, 0.25) is 0 Å². The Balaban J connectivity index is 1.14. The Hall–Kier alpha value is -5.21. The number of pyridine rings is 2. The number of nitrogens with zero attached hydrogens (tertiary/aromatic N) is 7. The third kappa shape index (κ3) is 6.55. The van der Waals surface area contributed by atoms with E-state index in [0.29, 0.717) is 46.3 Å². The lowest BCUT2D eigenvalue weighted by Crippen LogP contribution is -2.52. The lowest BCUT2D eigenvalue weighted by atomic mass is 9.89. The summed E-state index contributed by atoms with van der Waals surface area (Å²) in [6.45, 7) is 2.47. The van der Waals surface area contributed by atoms with Crippen molar-refractivity contribution < 1.29 is 19.0 Å². The molecule has 244 valence electrons. The van der Waals surface area contributed by atoms with Crippen molar-refractivity contribution in [1.82, 2.24) is 34.6 Å². The molecule has 1 amide bonds. The Morgan fingerprint density at radius 3 is 2.66 bits per heavy atom. The lowest BCUT2D eigenvalue weighted by molar-refractivity contribution is -0.0324. The molecule has 6 rings (SSSR count). The molecule has 4 aromatic heterocycles. The van der Waals surface area contributed by atoms with Crippen LogP contribution in [0.4, 0.5) is 16.2 Å². The molecule has 0 bridgehead atoms. The van der Waals surface area contributed by atoms with Crippen molar-refractivity contribution in [3.8, 4) is 17.3 Å². The Bertz CT molecular complexity index is 2000. The number of anilines is 2. The average Bonchev–Trinajstić information content (AvgIpc) is 3.48. The first-order valence-electron chi connectivity index (χ1n) is 14.8. The second kappa shape index (κ2) is 13.3. The van der Waals surface area contributed by atoms with Crippen LogP contribution in [0.3, 0.4) is 0 Å². The Kier molecular flexibility index (Phi) is 8.96. The number of methoxy groups -OCH3 is 2. The molecule has 0 aliphatic heterocycles. The summed E-state index contributed by atoms with van der Waals surface area (Å²) in [6, 6.07) is 11.7. The highest BCUT2D eigenvalue weighted by molar-refractivity contribution is 6.30. The number of hydrogen-bond acceptors (Lipinski definition) is 11. The van der Waals surface area contributed by atoms with E-state index in [1.54, 1.807) is 44.7 Å². The third-order valence-corrected chi connectivity index (χ3v) is 8.29. The van der Waals surface area contributed by atoms with E-state index in [2.05, 4.69) is 25.5 Å². The summed E-state index contributed by atoms with van der Waals surface area (Å²) < 4.78 is 19.7. The minimum Gasteiger partial charge on any atom is -0.497 e. The molecule has 5 aromatic rings. The Labute approximate surface area is 275 Å². The molecule has 1 aromatic carbocycles. The van der Waals surface area contributed by atoms with E-state index in [4.69, 9.17) is 31.5 Å². The first-order valence-corrected chi connectivity index (χ1v) is 15.2. The standard InChI is InChI=1S/C32H34ClN9O5/c1-18-5-10-28(39-38-18)41-14-19(11-22(34)31(41)43)16-47-25-9-8-23(25)36-32(44)42-17-35-29-24(13-27(33)37-30(29)42)40(2)15-20-6-7-21(45-3)12-26(20)46-4/h5-7,10-14,17,23,25H,8-9,15-16,34H2,1-4H3,(H,36,44)/t23-,25-/m1/s1. The summed E-state index contributed by atoms with van der Waals surface area (Å²) in [7, 11) is 5.11. The molecule has 47 heavy (non-hydrogen) atoms. The fraction of sp³-hybridized carbons (Fsp3) is 0.312. The maximum atomic E-state index is 13.4. The molecule has 0 saturated heterocycles. The largest absolute Gasteiger partial charge is 0.497 e. The topological polar surface area (TPSA) is 165 Å². The van der Waals surface area contributed by atoms with Crippen LogP contribution in [0, 0.1) is 6.92 Å². The number of aryl methyl sites for hydroxylation is 1. The first kappa shape index (κ1) is 31.8. The van der Waals surface area contributed by atoms with Gasteiger partial charge in [0.05, 0.1) is 50.0 Å². The third-order valence-electron chi connectivity index (χ3n) is 8.10. The molecule has 15 heteroatoms. The number of imidazole rings is 1. The number of nitrogens with one attached hydrogen (secondary N) is 1. The number of ether oxygens (including phenoxy) is 3. The molecule has 1 aliphatic rings. The maximum Gasteiger partial charge on any atom is 0.328 e. The van der Waals surface area contributed by atoms with Crippen molar-refractivity contribution in [2.24, 2.45) is 0 Å². The fourth-order valence-electron chi connectivity index (χ4n) is 5.40. The van der Waals surface area contributed by atoms with Gasteiger partial charge in [-0.1, -0.05) is 11.6 Å². The number of halogens is 1. The lowest BCUT2D eigenvalue weighted by Gasteiger charge is -2.36. The van der Waals surface area contributed by atoms with Crippen LogP contribution in [-0.2, 0) is 17.9 Å². The Morgan fingerprint density at radius 1 is 1.13 bits per heavy atom. The van der Waals surface area contributed by atoms with Gasteiger partial charge < -0.3 is 30.2 Å². The second-order valence-electron chi connectivity index (χ2n) is 11.3. The van der Waals surface area contributed by atoms with Crippen LogP contribution >= 0.6 is 11.6 Å². The molecule has 1 aliphatic carbocycles. The molecule has 0 radical (unpaired) electrons. The molecular formula is C32H34ClN9O5. The van der Waals surface area contributed by atoms with Gasteiger partial charge in [0, 0.05) is 37.5 Å². The minimum atomic E-state index is -0.401. The van der Waals surface area contributed by atoms with Gasteiger partial charge in [-0.05, 0) is 55.7 Å². The van der Waals surface area contributed by atoms with E-state index in [0.717, 1.165) is 24.1 Å². The number of fused-ring (bicyclic) bond motifs is 1. The Morgan fingerprint density at radius 2 is 1.96 bits per heavy atom. The van der Waals surface area contributed by atoms with Crippen molar-refractivity contribution in [3.63, 3.8) is 0 Å². The molecule has 14 nitrogen and oxygen atoms in total. The molecular weight excluding hydrogens is 626 g/mol. The summed E-state index contributed by atoms with van der Waals surface area (Å²) in [5.74, 6) is 1.73. The van der Waals surface area contributed by atoms with E-state index >= 15 is 0 Å². The number of amides is 1. The van der Waals surface area contributed by atoms with Gasteiger partial charge >= 0.3 is 6.03 Å². The zero-order chi connectivity index (χ0) is 33.2. The van der Waals surface area contributed by atoms with Crippen LogP contribution < -0.4 is 31.0 Å². The van der Waals surface area contributed by atoms with E-state index in [1.807, 2.05) is 37.1 Å². The molecule has 3 N–H and O–H groups in total. The van der Waals surface area contributed by atoms with E-state index in [-0.39, 0.29) is 29.6 Å². The summed E-state index contributed by atoms with van der Waals surface area (Å²) in [6.07, 6.45) is 4.31. The van der Waals surface area contributed by atoms with Gasteiger partial charge in [-0.2, -0.15) is 5.10 Å². The monoisotopic (exact) mass is 659 g/mol. The van der Waals surface area contributed by atoms with Crippen LogP contribution in [0.1, 0.15) is 29.7 Å². The molecule has 2 atom stereocenters. The quantitative estimate of drug-likeness (QED) is 0.209. The summed E-state index contributed by atoms with van der Waals surface area (Å²) >= 11 is 6.44. The van der Waals surface area contributed by atoms with Crippen molar-refractivity contribution in [2.45, 2.75) is 45.1 Å². The highest BCUT2D eigenvalue weighted by Crippen LogP contribution is 2.31. The number of nitrogens with two attached hydrogens (primary N) is 1. The van der Waals surface area contributed by atoms with Crippen LogP contribution in [0.2, 0.25) is 5.15 Å². The van der Waals surface area contributed by atoms with Crippen LogP contribution in [0.5, 0.6) is 11.5 Å². The van der Waals surface area contributed by atoms with Crippen molar-refractivity contribution in [1.29, 1.82) is 0 Å². The number of carbonyl (C=O) groups excluding carboxylic acids is 1. The first-order chi connectivity index (χ1) is 22.6. The molecule has 4 heterocycles. The number of nitrogen functional groups attached to an aromatic ring is 1. The molecule has 1 saturated carbocycles. The highest BCUT2D eigenvalue weighted by atomic mass is 35.5. The number of carbonyl (C=O) groups is 1. The van der Waals surface area contributed by atoms with Crippen molar-refractivity contribution in [2.75, 3.05) is 31.9 Å². The number of aromatic nitrogens is 6. The highest BCUT2D eigenvalue weighted by Gasteiger charge is 2.34. The van der Waals surface area contributed by atoms with E-state index < -0.39 is 11.6 Å². The van der Waals surface area contributed by atoms with E-state index in [1.165, 1.54) is 15.5 Å². The second-order valence-corrected chi connectivity index (χ2v) is 11.7. The van der Waals surface area contributed by atoms with Crippen LogP contribution in [0.15, 0.2) is 59.8 Å². The van der Waals surface area contributed by atoms with Crippen molar-refractivity contribution in [3.05, 3.63) is 87.3 Å². The van der Waals surface area contributed by atoms with Crippen LogP contribution in [-0.4, -0.2) is 68.7 Å². The summed E-state index contributed by atoms with van der Waals surface area (Å²) in [4.78, 5) is 37.0. The molecule has 1 fully saturated rings. The van der Waals surface area contributed by atoms with Gasteiger partial charge in [-0.3, -0.25) is 9.36 Å². The van der Waals surface area contributed by atoms with Gasteiger partial charge in [-0.15, -0.1) is 5.10 Å². The summed E-state index contributed by atoms with van der Waals surface area (Å²) in [5.41, 5.74) is 9.57. The number of hydrogen-bond donors (Lipinski definition) is 2. The SMILES string of the molecule is COc1ccc(CN(C)c2cc(Cl)nc3c2ncn3C(=O)N[C@@H]2CC[C@H]2OCc2cc(N)c(=O)n(-c3ccc(C)nn3)c2)c(OC)c1. The van der Waals surface area contributed by atoms with Gasteiger partial charge in [0.1, 0.15) is 28.5 Å². The minimum absolute atomic E-state index is 0.0678. The summed E-state index contributed by atoms with van der Waals surface area (Å²) in [5, 5.41) is 11.4. The van der Waals surface area contributed by atoms with Gasteiger partial charge in [0.15, 0.2) is 11.5 Å². The zero-order valence-electron chi connectivity index (χ0n) is 26.3. The normalized spacial score (nSPS) is 15.7. The predicted octanol–water partition coefficient (Wildman–Crippen LogP) is 3.88. The maximum absolute atomic E-state index is 13.4. The van der Waals surface area contributed by atoms with Crippen molar-refractivity contribution >= 4 is 40.2 Å². The van der Waals surface area contributed by atoms with Gasteiger partial charge in [-0.25, -0.2) is 19.3 Å². The average molecular weight is 660 g/mol. The van der Waals surface area contributed by atoms with Crippen LogP contribution in [0.25, 0.3) is 17.0 Å². The molecule has 0 unspecified atom stereocenters. The number of rotatable bonds is 10. The smallest absolute Gasteiger partial charge is 0.328 e. The molecule has 0 spiro atoms. The number of benzene rings is 1. The predicted molar refractivity (Wildman–Crippen MR) is 176 cm³/mol. The van der Waals surface area contributed by atoms with E-state index in [9.17, 15) is 9.59 Å². The van der Waals surface area contributed by atoms with Gasteiger partial charge in [0.25, 0.3) is 5.56 Å².